The van der Waals surface area contributed by atoms with Gasteiger partial charge in [0.25, 0.3) is 5.89 Å². The van der Waals surface area contributed by atoms with Crippen LogP contribution < -0.4 is 14.2 Å². The van der Waals surface area contributed by atoms with Gasteiger partial charge in [-0.2, -0.15) is 4.98 Å². The van der Waals surface area contributed by atoms with Crippen molar-refractivity contribution in [1.29, 1.82) is 0 Å². The van der Waals surface area contributed by atoms with E-state index in [4.69, 9.17) is 41.9 Å². The second kappa shape index (κ2) is 8.33. The molecule has 3 aromatic rings. The van der Waals surface area contributed by atoms with Crippen LogP contribution in [0.4, 0.5) is 0 Å². The molecule has 8 heteroatoms. The number of hydrogen-bond acceptors (Lipinski definition) is 6. The molecule has 1 aromatic heterocycles. The van der Waals surface area contributed by atoms with Crippen molar-refractivity contribution in [3.8, 4) is 28.6 Å². The molecule has 0 N–H and O–H groups in total. The van der Waals surface area contributed by atoms with Gasteiger partial charge in [-0.15, -0.1) is 0 Å². The largest absolute Gasteiger partial charge is 0.493 e. The van der Waals surface area contributed by atoms with Crippen molar-refractivity contribution in [2.24, 2.45) is 0 Å². The molecule has 1 heterocycles. The molecular formula is C19H16Cl2N2O4. The molecule has 140 valence electrons. The first-order chi connectivity index (χ1) is 13.1. The van der Waals surface area contributed by atoms with Gasteiger partial charge >= 0.3 is 0 Å². The quantitative estimate of drug-likeness (QED) is 0.563. The molecule has 0 spiro atoms. The minimum Gasteiger partial charge on any atom is -0.493 e. The fourth-order valence-corrected chi connectivity index (χ4v) is 2.89. The van der Waals surface area contributed by atoms with Crippen LogP contribution >= 0.6 is 23.2 Å². The normalized spacial score (nSPS) is 11.4. The molecule has 3 rings (SSSR count). The SMILES string of the molecule is COc1cc(/C=C(\Cl)c2nc(-c3ccccc3Cl)no2)cc(OC)c1OC. The molecule has 0 amide bonds. The first-order valence-corrected chi connectivity index (χ1v) is 8.59. The van der Waals surface area contributed by atoms with E-state index < -0.39 is 0 Å². The number of halogens is 2. The Morgan fingerprint density at radius 2 is 1.70 bits per heavy atom. The van der Waals surface area contributed by atoms with Gasteiger partial charge < -0.3 is 18.7 Å². The van der Waals surface area contributed by atoms with Crippen LogP contribution in [0.15, 0.2) is 40.9 Å². The Morgan fingerprint density at radius 1 is 1.04 bits per heavy atom. The Bertz CT molecular complexity index is 960. The van der Waals surface area contributed by atoms with E-state index in [1.54, 1.807) is 44.6 Å². The predicted octanol–water partition coefficient (Wildman–Crippen LogP) is 5.15. The van der Waals surface area contributed by atoms with Crippen LogP contribution in [0.25, 0.3) is 22.5 Å². The van der Waals surface area contributed by atoms with Gasteiger partial charge in [0.2, 0.25) is 11.6 Å². The number of hydrogen-bond donors (Lipinski definition) is 0. The molecule has 6 nitrogen and oxygen atoms in total. The lowest BCUT2D eigenvalue weighted by Crippen LogP contribution is -1.95. The fourth-order valence-electron chi connectivity index (χ4n) is 2.47. The zero-order chi connectivity index (χ0) is 19.4. The lowest BCUT2D eigenvalue weighted by molar-refractivity contribution is 0.324. The summed E-state index contributed by atoms with van der Waals surface area (Å²) in [6, 6.07) is 10.7. The van der Waals surface area contributed by atoms with Crippen LogP contribution in [0.5, 0.6) is 17.2 Å². The number of rotatable bonds is 6. The molecule has 2 aromatic carbocycles. The lowest BCUT2D eigenvalue weighted by Gasteiger charge is -2.12. The molecule has 0 unspecified atom stereocenters. The maximum absolute atomic E-state index is 6.37. The number of nitrogens with zero attached hydrogens (tertiary/aromatic N) is 2. The third-order valence-electron chi connectivity index (χ3n) is 3.73. The predicted molar refractivity (Wildman–Crippen MR) is 105 cm³/mol. The van der Waals surface area contributed by atoms with E-state index in [9.17, 15) is 0 Å². The fraction of sp³-hybridized carbons (Fsp3) is 0.158. The summed E-state index contributed by atoms with van der Waals surface area (Å²) in [6.07, 6.45) is 1.66. The van der Waals surface area contributed by atoms with E-state index in [-0.39, 0.29) is 10.9 Å². The van der Waals surface area contributed by atoms with Gasteiger partial charge in [0.1, 0.15) is 5.03 Å². The van der Waals surface area contributed by atoms with Crippen LogP contribution in [0.3, 0.4) is 0 Å². The summed E-state index contributed by atoms with van der Waals surface area (Å²) >= 11 is 12.5. The van der Waals surface area contributed by atoms with Crippen LogP contribution in [-0.2, 0) is 0 Å². The van der Waals surface area contributed by atoms with Crippen molar-refractivity contribution in [3.63, 3.8) is 0 Å². The summed E-state index contributed by atoms with van der Waals surface area (Å²) in [5.41, 5.74) is 1.37. The summed E-state index contributed by atoms with van der Waals surface area (Å²) in [4.78, 5) is 4.31. The molecule has 0 fully saturated rings. The number of aromatic nitrogens is 2. The topological polar surface area (TPSA) is 66.6 Å². The van der Waals surface area contributed by atoms with Crippen LogP contribution in [-0.4, -0.2) is 31.5 Å². The van der Waals surface area contributed by atoms with Crippen molar-refractivity contribution in [1.82, 2.24) is 10.1 Å². The zero-order valence-electron chi connectivity index (χ0n) is 14.8. The monoisotopic (exact) mass is 406 g/mol. The Balaban J connectivity index is 1.96. The van der Waals surface area contributed by atoms with E-state index in [1.807, 2.05) is 12.1 Å². The highest BCUT2D eigenvalue weighted by Gasteiger charge is 2.16. The summed E-state index contributed by atoms with van der Waals surface area (Å²) in [6.45, 7) is 0. The Labute approximate surface area is 166 Å². The minimum absolute atomic E-state index is 0.167. The molecule has 27 heavy (non-hydrogen) atoms. The highest BCUT2D eigenvalue weighted by molar-refractivity contribution is 6.50. The van der Waals surface area contributed by atoms with E-state index in [0.29, 0.717) is 39.2 Å². The summed E-state index contributed by atoms with van der Waals surface area (Å²) in [5.74, 6) is 2.03. The molecule has 0 saturated heterocycles. The van der Waals surface area contributed by atoms with Crippen LogP contribution in [0, 0.1) is 0 Å². The third-order valence-corrected chi connectivity index (χ3v) is 4.33. The average Bonchev–Trinajstić information content (AvgIpc) is 3.17. The van der Waals surface area contributed by atoms with Gasteiger partial charge in [0.05, 0.1) is 26.4 Å². The summed E-state index contributed by atoms with van der Waals surface area (Å²) in [7, 11) is 4.62. The second-order valence-corrected chi connectivity index (χ2v) is 6.17. The molecule has 0 aliphatic heterocycles. The van der Waals surface area contributed by atoms with E-state index >= 15 is 0 Å². The van der Waals surface area contributed by atoms with E-state index in [0.717, 1.165) is 0 Å². The van der Waals surface area contributed by atoms with Gasteiger partial charge in [0, 0.05) is 5.56 Å². The highest BCUT2D eigenvalue weighted by Crippen LogP contribution is 2.39. The standard InChI is InChI=1S/C19H16Cl2N2O4/c1-24-15-9-11(10-16(25-2)17(15)26-3)8-14(21)19-22-18(23-27-19)12-6-4-5-7-13(12)20/h4-10H,1-3H3/b14-8-. The number of ether oxygens (including phenoxy) is 3. The Morgan fingerprint density at radius 3 is 2.30 bits per heavy atom. The maximum Gasteiger partial charge on any atom is 0.269 e. The summed E-state index contributed by atoms with van der Waals surface area (Å²) < 4.78 is 21.2. The highest BCUT2D eigenvalue weighted by atomic mass is 35.5. The lowest BCUT2D eigenvalue weighted by atomic mass is 10.1. The molecule has 0 radical (unpaired) electrons. The smallest absolute Gasteiger partial charge is 0.269 e. The number of benzene rings is 2. The van der Waals surface area contributed by atoms with E-state index in [1.165, 1.54) is 7.11 Å². The number of methoxy groups -OCH3 is 3. The van der Waals surface area contributed by atoms with Gasteiger partial charge in [-0.25, -0.2) is 0 Å². The molecule has 0 atom stereocenters. The van der Waals surface area contributed by atoms with E-state index in [2.05, 4.69) is 10.1 Å². The zero-order valence-corrected chi connectivity index (χ0v) is 16.3. The van der Waals surface area contributed by atoms with Crippen molar-refractivity contribution in [2.75, 3.05) is 21.3 Å². The van der Waals surface area contributed by atoms with Gasteiger partial charge in [-0.05, 0) is 35.9 Å². The van der Waals surface area contributed by atoms with Crippen molar-refractivity contribution in [3.05, 3.63) is 52.9 Å². The van der Waals surface area contributed by atoms with Gasteiger partial charge in [-0.1, -0.05) is 40.5 Å². The maximum atomic E-state index is 6.37. The third kappa shape index (κ3) is 4.02. The van der Waals surface area contributed by atoms with Crippen molar-refractivity contribution in [2.45, 2.75) is 0 Å². The van der Waals surface area contributed by atoms with Gasteiger partial charge in [-0.3, -0.25) is 0 Å². The second-order valence-electron chi connectivity index (χ2n) is 5.35. The molecule has 0 aliphatic carbocycles. The van der Waals surface area contributed by atoms with Crippen LogP contribution in [0.2, 0.25) is 5.02 Å². The van der Waals surface area contributed by atoms with Crippen LogP contribution in [0.1, 0.15) is 11.5 Å². The Hall–Kier alpha value is -2.70. The average molecular weight is 407 g/mol. The Kier molecular flexibility index (Phi) is 5.88. The molecular weight excluding hydrogens is 391 g/mol. The minimum atomic E-state index is 0.167. The summed E-state index contributed by atoms with van der Waals surface area (Å²) in [5, 5.41) is 4.72. The molecule has 0 aliphatic rings. The van der Waals surface area contributed by atoms with Crippen molar-refractivity contribution < 1.29 is 18.7 Å². The first-order valence-electron chi connectivity index (χ1n) is 7.83. The van der Waals surface area contributed by atoms with Crippen molar-refractivity contribution >= 4 is 34.3 Å². The van der Waals surface area contributed by atoms with Gasteiger partial charge in [0.15, 0.2) is 11.5 Å². The first kappa shape index (κ1) is 19.1. The molecule has 0 saturated carbocycles. The molecule has 0 bridgehead atoms.